The highest BCUT2D eigenvalue weighted by atomic mass is 32.2. The molecule has 2 N–H and O–H groups in total. The largest absolute Gasteiger partial charge is 0.359 e. The van der Waals surface area contributed by atoms with Gasteiger partial charge in [0.1, 0.15) is 5.82 Å². The topological polar surface area (TPSA) is 114 Å². The first-order chi connectivity index (χ1) is 14.9. The van der Waals surface area contributed by atoms with Crippen LogP contribution in [0.4, 0.5) is 4.39 Å². The van der Waals surface area contributed by atoms with Crippen LogP contribution in [0.3, 0.4) is 0 Å². The van der Waals surface area contributed by atoms with E-state index in [1.54, 1.807) is 0 Å². The van der Waals surface area contributed by atoms with Crippen LogP contribution in [0, 0.1) is 11.7 Å². The molecule has 1 amide bonds. The molecule has 3 aromatic rings. The molecule has 1 aromatic heterocycles. The molecule has 10 heteroatoms. The molecule has 4 rings (SSSR count). The molecule has 162 valence electrons. The zero-order chi connectivity index (χ0) is 22.0. The minimum absolute atomic E-state index is 0.0634. The Labute approximate surface area is 178 Å². The fourth-order valence-electron chi connectivity index (χ4n) is 3.83. The fourth-order valence-corrected chi connectivity index (χ4v) is 5.12. The van der Waals surface area contributed by atoms with E-state index in [1.807, 2.05) is 30.3 Å². The summed E-state index contributed by atoms with van der Waals surface area (Å²) in [6.45, 7) is 0. The number of amides is 1. The Morgan fingerprint density at radius 2 is 1.81 bits per heavy atom. The van der Waals surface area contributed by atoms with Gasteiger partial charge in [-0.1, -0.05) is 35.5 Å². The van der Waals surface area contributed by atoms with Crippen molar-refractivity contribution in [1.29, 1.82) is 0 Å². The molecule has 0 saturated heterocycles. The molecule has 1 saturated carbocycles. The summed E-state index contributed by atoms with van der Waals surface area (Å²) in [4.78, 5) is 16.6. The van der Waals surface area contributed by atoms with Crippen molar-refractivity contribution in [3.05, 3.63) is 66.3 Å². The minimum atomic E-state index is -3.94. The number of nitrogens with zero attached hydrogens (tertiary/aromatic N) is 2. The summed E-state index contributed by atoms with van der Waals surface area (Å²) >= 11 is 0. The zero-order valence-corrected chi connectivity index (χ0v) is 17.5. The Balaban J connectivity index is 1.62. The highest BCUT2D eigenvalue weighted by molar-refractivity contribution is 7.89. The van der Waals surface area contributed by atoms with Crippen LogP contribution in [-0.2, 0) is 14.8 Å². The summed E-state index contributed by atoms with van der Waals surface area (Å²) in [5.41, 5.74) is 0.766. The number of halogens is 1. The summed E-state index contributed by atoms with van der Waals surface area (Å²) < 4.78 is 47.0. The summed E-state index contributed by atoms with van der Waals surface area (Å²) in [6, 6.07) is 13.2. The van der Waals surface area contributed by atoms with Crippen LogP contribution in [0.15, 0.2) is 64.0 Å². The van der Waals surface area contributed by atoms with Crippen LogP contribution < -0.4 is 10.0 Å². The Morgan fingerprint density at radius 1 is 1.10 bits per heavy atom. The monoisotopic (exact) mass is 444 g/mol. The maximum atomic E-state index is 13.2. The molecule has 3 atom stereocenters. The van der Waals surface area contributed by atoms with Crippen molar-refractivity contribution in [3.63, 3.8) is 0 Å². The van der Waals surface area contributed by atoms with E-state index < -0.39 is 33.7 Å². The summed E-state index contributed by atoms with van der Waals surface area (Å²) in [6.07, 6.45) is 0.626. The molecule has 2 aromatic carbocycles. The first-order valence-corrected chi connectivity index (χ1v) is 11.2. The maximum Gasteiger partial charge on any atom is 0.240 e. The highest BCUT2D eigenvalue weighted by Gasteiger charge is 2.43. The SMILES string of the molecule is CNC(=O)[C@H]1C[C@H](NS(=O)(=O)c2ccc(F)cc2)[C@H](c2nc(-c3ccccc3)no2)C1. The number of carbonyl (C=O) groups excluding carboxylic acids is 1. The Bertz CT molecular complexity index is 1170. The molecular formula is C21H21FN4O4S. The van der Waals surface area contributed by atoms with Gasteiger partial charge >= 0.3 is 0 Å². The first-order valence-electron chi connectivity index (χ1n) is 9.76. The van der Waals surface area contributed by atoms with Crippen LogP contribution in [0.25, 0.3) is 11.4 Å². The predicted molar refractivity (Wildman–Crippen MR) is 110 cm³/mol. The number of rotatable bonds is 6. The Kier molecular flexibility index (Phi) is 5.84. The third-order valence-corrected chi connectivity index (χ3v) is 6.91. The molecule has 1 aliphatic carbocycles. The molecule has 0 unspecified atom stereocenters. The lowest BCUT2D eigenvalue weighted by atomic mass is 10.0. The van der Waals surface area contributed by atoms with E-state index in [0.717, 1.165) is 17.7 Å². The molecule has 0 radical (unpaired) electrons. The van der Waals surface area contributed by atoms with Crippen molar-refractivity contribution in [1.82, 2.24) is 20.2 Å². The van der Waals surface area contributed by atoms with E-state index in [-0.39, 0.29) is 23.1 Å². The van der Waals surface area contributed by atoms with Crippen molar-refractivity contribution in [3.8, 4) is 11.4 Å². The lowest BCUT2D eigenvalue weighted by Crippen LogP contribution is -2.37. The number of carbonyl (C=O) groups is 1. The lowest BCUT2D eigenvalue weighted by molar-refractivity contribution is -0.124. The molecule has 0 bridgehead atoms. The van der Waals surface area contributed by atoms with E-state index in [0.29, 0.717) is 12.2 Å². The van der Waals surface area contributed by atoms with Gasteiger partial charge in [0.05, 0.1) is 10.8 Å². The normalized spacial score (nSPS) is 21.2. The molecule has 8 nitrogen and oxygen atoms in total. The van der Waals surface area contributed by atoms with E-state index in [9.17, 15) is 17.6 Å². The second-order valence-electron chi connectivity index (χ2n) is 7.39. The number of hydrogen-bond donors (Lipinski definition) is 2. The number of nitrogens with one attached hydrogen (secondary N) is 2. The number of hydrogen-bond acceptors (Lipinski definition) is 6. The van der Waals surface area contributed by atoms with Gasteiger partial charge in [0.15, 0.2) is 0 Å². The van der Waals surface area contributed by atoms with Gasteiger partial charge in [-0.05, 0) is 37.1 Å². The van der Waals surface area contributed by atoms with Crippen LogP contribution in [0.5, 0.6) is 0 Å². The van der Waals surface area contributed by atoms with Gasteiger partial charge in [-0.2, -0.15) is 4.98 Å². The number of sulfonamides is 1. The number of benzene rings is 2. The molecule has 1 fully saturated rings. The second kappa shape index (κ2) is 8.56. The van der Waals surface area contributed by atoms with E-state index in [1.165, 1.54) is 19.2 Å². The molecular weight excluding hydrogens is 423 g/mol. The quantitative estimate of drug-likeness (QED) is 0.604. The summed E-state index contributed by atoms with van der Waals surface area (Å²) in [7, 11) is -2.41. The molecule has 1 aliphatic rings. The predicted octanol–water partition coefficient (Wildman–Crippen LogP) is 2.46. The zero-order valence-electron chi connectivity index (χ0n) is 16.7. The van der Waals surface area contributed by atoms with Gasteiger partial charge in [0, 0.05) is 24.6 Å². The summed E-state index contributed by atoms with van der Waals surface area (Å²) in [5.74, 6) is -0.963. The number of aromatic nitrogens is 2. The van der Waals surface area contributed by atoms with Gasteiger partial charge in [0.2, 0.25) is 27.6 Å². The van der Waals surface area contributed by atoms with Crippen LogP contribution in [-0.4, -0.2) is 37.6 Å². The average molecular weight is 444 g/mol. The second-order valence-corrected chi connectivity index (χ2v) is 9.11. The Morgan fingerprint density at radius 3 is 2.48 bits per heavy atom. The van der Waals surface area contributed by atoms with Crippen LogP contribution in [0.1, 0.15) is 24.7 Å². The summed E-state index contributed by atoms with van der Waals surface area (Å²) in [5, 5.41) is 6.62. The fraction of sp³-hybridized carbons (Fsp3) is 0.286. The van der Waals surface area contributed by atoms with Crippen molar-refractivity contribution >= 4 is 15.9 Å². The molecule has 0 spiro atoms. The molecule has 0 aliphatic heterocycles. The van der Waals surface area contributed by atoms with Crippen LogP contribution in [0.2, 0.25) is 0 Å². The van der Waals surface area contributed by atoms with Crippen LogP contribution >= 0.6 is 0 Å². The van der Waals surface area contributed by atoms with Gasteiger partial charge in [-0.25, -0.2) is 17.5 Å². The van der Waals surface area contributed by atoms with E-state index in [2.05, 4.69) is 20.2 Å². The highest BCUT2D eigenvalue weighted by Crippen LogP contribution is 2.39. The molecule has 31 heavy (non-hydrogen) atoms. The van der Waals surface area contributed by atoms with Crippen molar-refractivity contribution in [2.45, 2.75) is 29.7 Å². The third-order valence-electron chi connectivity index (χ3n) is 5.40. The van der Waals surface area contributed by atoms with Crippen molar-refractivity contribution in [2.75, 3.05) is 7.05 Å². The van der Waals surface area contributed by atoms with Crippen molar-refractivity contribution < 1.29 is 22.1 Å². The smallest absolute Gasteiger partial charge is 0.240 e. The van der Waals surface area contributed by atoms with Gasteiger partial charge in [-0.3, -0.25) is 4.79 Å². The Hall–Kier alpha value is -3.11. The first kappa shape index (κ1) is 21.1. The standard InChI is InChI=1S/C21H21FN4O4S/c1-23-20(27)14-11-17(21-24-19(25-30-21)13-5-3-2-4-6-13)18(12-14)26-31(28,29)16-9-7-15(22)8-10-16/h2-10,14,17-18,26H,11-12H2,1H3,(H,23,27)/t14-,17-,18+/m1/s1. The minimum Gasteiger partial charge on any atom is -0.359 e. The molecule has 1 heterocycles. The van der Waals surface area contributed by atoms with Gasteiger partial charge < -0.3 is 9.84 Å². The van der Waals surface area contributed by atoms with Gasteiger partial charge in [0.25, 0.3) is 0 Å². The lowest BCUT2D eigenvalue weighted by Gasteiger charge is -2.18. The van der Waals surface area contributed by atoms with E-state index in [4.69, 9.17) is 4.52 Å². The van der Waals surface area contributed by atoms with E-state index >= 15 is 0 Å². The average Bonchev–Trinajstić information content (AvgIpc) is 3.41. The van der Waals surface area contributed by atoms with Crippen molar-refractivity contribution in [2.24, 2.45) is 5.92 Å². The maximum absolute atomic E-state index is 13.2. The van der Waals surface area contributed by atoms with Gasteiger partial charge in [-0.15, -0.1) is 0 Å². The third kappa shape index (κ3) is 4.49.